The quantitative estimate of drug-likeness (QED) is 0.254. The van der Waals surface area contributed by atoms with E-state index in [0.29, 0.717) is 25.1 Å². The smallest absolute Gasteiger partial charge is 0.305 e. The van der Waals surface area contributed by atoms with Crippen LogP contribution in [0.25, 0.3) is 0 Å². The second-order valence-corrected chi connectivity index (χ2v) is 8.82. The van der Waals surface area contributed by atoms with Crippen LogP contribution in [0, 0.1) is 0 Å². The molecule has 0 saturated carbocycles. The number of amides is 1. The number of hydrogen-bond acceptors (Lipinski definition) is 5. The predicted octanol–water partition coefficient (Wildman–Crippen LogP) is 5.21. The predicted molar refractivity (Wildman–Crippen MR) is 139 cm³/mol. The summed E-state index contributed by atoms with van der Waals surface area (Å²) in [5.74, 6) is -0.142. The maximum atomic E-state index is 13.2. The van der Waals surface area contributed by atoms with Crippen LogP contribution in [0.5, 0.6) is 0 Å². The van der Waals surface area contributed by atoms with E-state index >= 15 is 0 Å². The molecule has 1 aromatic carbocycles. The Bertz CT molecular complexity index is 975. The SMILES string of the molecule is C/C=C\C=C/CC(c1ccccc1)N1CCN(C(=O)c2cccnc2)CC1CCCCC(=O)OC. The van der Waals surface area contributed by atoms with Crippen LogP contribution in [-0.2, 0) is 9.53 Å². The third kappa shape index (κ3) is 7.89. The molecule has 1 aliphatic heterocycles. The molecule has 0 bridgehead atoms. The molecule has 3 rings (SSSR count). The van der Waals surface area contributed by atoms with Crippen molar-refractivity contribution in [2.45, 2.75) is 51.1 Å². The highest BCUT2D eigenvalue weighted by Gasteiger charge is 2.34. The Hall–Kier alpha value is -3.25. The van der Waals surface area contributed by atoms with Crippen LogP contribution in [0.4, 0.5) is 0 Å². The standard InChI is InChI=1S/C29H37N3O3/c1-3-4-5-9-17-27(24-13-7-6-8-14-24)32-21-20-31(29(34)25-15-12-19-30-22-25)23-26(32)16-10-11-18-28(33)35-2/h3-9,12-15,19,22,26-27H,10-11,16-18,20-21,23H2,1-2H3/b4-3-,9-5-. The van der Waals surface area contributed by atoms with Gasteiger partial charge in [0.05, 0.1) is 12.7 Å². The summed E-state index contributed by atoms with van der Waals surface area (Å²) in [5, 5.41) is 0. The fourth-order valence-electron chi connectivity index (χ4n) is 4.68. The zero-order valence-corrected chi connectivity index (χ0v) is 20.9. The molecule has 2 aromatic rings. The van der Waals surface area contributed by atoms with Crippen molar-refractivity contribution in [3.63, 3.8) is 0 Å². The first-order chi connectivity index (χ1) is 17.1. The highest BCUT2D eigenvalue weighted by Crippen LogP contribution is 2.31. The lowest BCUT2D eigenvalue weighted by atomic mass is 9.95. The fourth-order valence-corrected chi connectivity index (χ4v) is 4.68. The topological polar surface area (TPSA) is 62.7 Å². The number of methoxy groups -OCH3 is 1. The van der Waals surface area contributed by atoms with Crippen molar-refractivity contribution in [3.8, 4) is 0 Å². The summed E-state index contributed by atoms with van der Waals surface area (Å²) in [6.07, 6.45) is 15.6. The van der Waals surface area contributed by atoms with Crippen LogP contribution < -0.4 is 0 Å². The molecule has 0 spiro atoms. The van der Waals surface area contributed by atoms with Crippen molar-refractivity contribution >= 4 is 11.9 Å². The first kappa shape index (κ1) is 26.4. The first-order valence-electron chi connectivity index (χ1n) is 12.5. The van der Waals surface area contributed by atoms with Crippen molar-refractivity contribution in [2.24, 2.45) is 0 Å². The zero-order chi connectivity index (χ0) is 24.9. The molecular weight excluding hydrogens is 438 g/mol. The van der Waals surface area contributed by atoms with Crippen molar-refractivity contribution in [2.75, 3.05) is 26.7 Å². The van der Waals surface area contributed by atoms with Gasteiger partial charge < -0.3 is 9.64 Å². The van der Waals surface area contributed by atoms with E-state index in [9.17, 15) is 9.59 Å². The van der Waals surface area contributed by atoms with E-state index in [4.69, 9.17) is 4.74 Å². The number of unbranched alkanes of at least 4 members (excludes halogenated alkanes) is 1. The summed E-state index contributed by atoms with van der Waals surface area (Å²) in [6, 6.07) is 14.6. The number of carbonyl (C=O) groups excluding carboxylic acids is 2. The summed E-state index contributed by atoms with van der Waals surface area (Å²) >= 11 is 0. The monoisotopic (exact) mass is 475 g/mol. The molecule has 2 atom stereocenters. The number of esters is 1. The summed E-state index contributed by atoms with van der Waals surface area (Å²) in [7, 11) is 1.43. The highest BCUT2D eigenvalue weighted by molar-refractivity contribution is 5.94. The summed E-state index contributed by atoms with van der Waals surface area (Å²) in [4.78, 5) is 33.4. The van der Waals surface area contributed by atoms with Crippen LogP contribution in [0.2, 0.25) is 0 Å². The Morgan fingerprint density at radius 1 is 1.11 bits per heavy atom. The van der Waals surface area contributed by atoms with Gasteiger partial charge in [-0.05, 0) is 43.9 Å². The Morgan fingerprint density at radius 2 is 1.94 bits per heavy atom. The number of allylic oxidation sites excluding steroid dienone is 3. The molecule has 2 unspecified atom stereocenters. The van der Waals surface area contributed by atoms with Crippen LogP contribution in [0.1, 0.15) is 61.0 Å². The molecule has 6 nitrogen and oxygen atoms in total. The number of aromatic nitrogens is 1. The molecule has 1 saturated heterocycles. The summed E-state index contributed by atoms with van der Waals surface area (Å²) in [5.41, 5.74) is 1.91. The van der Waals surface area contributed by atoms with E-state index in [1.165, 1.54) is 12.7 Å². The van der Waals surface area contributed by atoms with Gasteiger partial charge in [0, 0.05) is 50.5 Å². The van der Waals surface area contributed by atoms with Gasteiger partial charge in [0.1, 0.15) is 0 Å². The van der Waals surface area contributed by atoms with Gasteiger partial charge in [-0.3, -0.25) is 19.5 Å². The number of hydrogen-bond donors (Lipinski definition) is 0. The van der Waals surface area contributed by atoms with Gasteiger partial charge >= 0.3 is 5.97 Å². The number of nitrogens with zero attached hydrogens (tertiary/aromatic N) is 3. The molecule has 2 heterocycles. The molecule has 0 aliphatic carbocycles. The summed E-state index contributed by atoms with van der Waals surface area (Å²) in [6.45, 7) is 4.15. The van der Waals surface area contributed by atoms with Gasteiger partial charge in [-0.25, -0.2) is 0 Å². The molecule has 0 radical (unpaired) electrons. The van der Waals surface area contributed by atoms with Gasteiger partial charge in [-0.1, -0.05) is 61.1 Å². The lowest BCUT2D eigenvalue weighted by Gasteiger charge is -2.45. The van der Waals surface area contributed by atoms with Crippen LogP contribution in [0.15, 0.2) is 79.2 Å². The molecule has 1 aromatic heterocycles. The second kappa shape index (κ2) is 14.2. The normalized spacial score (nSPS) is 17.7. The number of benzene rings is 1. The molecule has 0 N–H and O–H groups in total. The lowest BCUT2D eigenvalue weighted by molar-refractivity contribution is -0.140. The maximum Gasteiger partial charge on any atom is 0.305 e. The van der Waals surface area contributed by atoms with Crippen molar-refractivity contribution in [1.82, 2.24) is 14.8 Å². The number of rotatable bonds is 11. The average molecular weight is 476 g/mol. The lowest BCUT2D eigenvalue weighted by Crippen LogP contribution is -2.55. The Balaban J connectivity index is 1.79. The molecule has 1 aliphatic rings. The van der Waals surface area contributed by atoms with Gasteiger partial charge in [-0.15, -0.1) is 0 Å². The van der Waals surface area contributed by atoms with Gasteiger partial charge in [0.2, 0.25) is 0 Å². The van der Waals surface area contributed by atoms with E-state index in [-0.39, 0.29) is 24.0 Å². The van der Waals surface area contributed by atoms with Gasteiger partial charge in [0.25, 0.3) is 5.91 Å². The maximum absolute atomic E-state index is 13.2. The van der Waals surface area contributed by atoms with Crippen LogP contribution in [-0.4, -0.2) is 59.4 Å². The largest absolute Gasteiger partial charge is 0.469 e. The molecule has 6 heteroatoms. The summed E-state index contributed by atoms with van der Waals surface area (Å²) < 4.78 is 4.80. The van der Waals surface area contributed by atoms with Crippen molar-refractivity contribution < 1.29 is 14.3 Å². The van der Waals surface area contributed by atoms with E-state index in [0.717, 1.165) is 32.2 Å². The van der Waals surface area contributed by atoms with Gasteiger partial charge in [0.15, 0.2) is 0 Å². The molecule has 1 amide bonds. The average Bonchev–Trinajstić information content (AvgIpc) is 2.91. The third-order valence-corrected chi connectivity index (χ3v) is 6.50. The fraction of sp³-hybridized carbons (Fsp3) is 0.414. The highest BCUT2D eigenvalue weighted by atomic mass is 16.5. The Labute approximate surface area is 209 Å². The molecular formula is C29H37N3O3. The third-order valence-electron chi connectivity index (χ3n) is 6.50. The van der Waals surface area contributed by atoms with Crippen molar-refractivity contribution in [1.29, 1.82) is 0 Å². The van der Waals surface area contributed by atoms with E-state index in [2.05, 4.69) is 52.4 Å². The number of ether oxygens (including phenoxy) is 1. The van der Waals surface area contributed by atoms with Crippen molar-refractivity contribution in [3.05, 3.63) is 90.3 Å². The van der Waals surface area contributed by atoms with Crippen LogP contribution >= 0.6 is 0 Å². The van der Waals surface area contributed by atoms with E-state index in [1.807, 2.05) is 30.0 Å². The van der Waals surface area contributed by atoms with E-state index < -0.39 is 0 Å². The number of pyridine rings is 1. The molecule has 1 fully saturated rings. The molecule has 35 heavy (non-hydrogen) atoms. The molecule has 186 valence electrons. The number of piperazine rings is 1. The second-order valence-electron chi connectivity index (χ2n) is 8.82. The minimum Gasteiger partial charge on any atom is -0.469 e. The van der Waals surface area contributed by atoms with E-state index in [1.54, 1.807) is 18.5 Å². The number of carbonyl (C=O) groups is 2. The first-order valence-corrected chi connectivity index (χ1v) is 12.5. The Morgan fingerprint density at radius 3 is 2.66 bits per heavy atom. The minimum atomic E-state index is -0.171. The van der Waals surface area contributed by atoms with Gasteiger partial charge in [-0.2, -0.15) is 0 Å². The minimum absolute atomic E-state index is 0.0292. The van der Waals surface area contributed by atoms with Crippen LogP contribution in [0.3, 0.4) is 0 Å². The Kier molecular flexibility index (Phi) is 10.7. The zero-order valence-electron chi connectivity index (χ0n) is 20.9.